The smallest absolute Gasteiger partial charge is 0.496 e. The van der Waals surface area contributed by atoms with E-state index in [9.17, 15) is 0 Å². The Morgan fingerprint density at radius 2 is 1.67 bits per heavy atom. The van der Waals surface area contributed by atoms with Gasteiger partial charge in [-0.15, -0.1) is 0 Å². The minimum Gasteiger partial charge on any atom is -0.497 e. The van der Waals surface area contributed by atoms with Gasteiger partial charge in [-0.25, -0.2) is 0 Å². The van der Waals surface area contributed by atoms with Crippen molar-refractivity contribution >= 4 is 35.2 Å². The van der Waals surface area contributed by atoms with Crippen molar-refractivity contribution in [2.24, 2.45) is 0 Å². The van der Waals surface area contributed by atoms with Crippen molar-refractivity contribution in [2.75, 3.05) is 7.11 Å². The molecule has 18 heavy (non-hydrogen) atoms. The summed E-state index contributed by atoms with van der Waals surface area (Å²) in [6.07, 6.45) is 0. The summed E-state index contributed by atoms with van der Waals surface area (Å²) in [6, 6.07) is 5.93. The summed E-state index contributed by atoms with van der Waals surface area (Å²) in [6.45, 7) is 8.22. The van der Waals surface area contributed by atoms with Crippen LogP contribution in [0.3, 0.4) is 0 Å². The maximum Gasteiger partial charge on any atom is 0.496 e. The van der Waals surface area contributed by atoms with Gasteiger partial charge in [-0.1, -0.05) is 0 Å². The van der Waals surface area contributed by atoms with Crippen molar-refractivity contribution in [2.45, 2.75) is 38.9 Å². The Morgan fingerprint density at radius 1 is 1.11 bits per heavy atom. The van der Waals surface area contributed by atoms with Crippen LogP contribution in [0.25, 0.3) is 0 Å². The Labute approximate surface area is 122 Å². The SMILES string of the molecule is COc1ccc(I)c(B2OC(C)(C)C(C)(C)O2)c1. The quantitative estimate of drug-likeness (QED) is 0.600. The Balaban J connectivity index is 2.34. The lowest BCUT2D eigenvalue weighted by Gasteiger charge is -2.32. The molecule has 1 saturated heterocycles. The Kier molecular flexibility index (Phi) is 3.68. The van der Waals surface area contributed by atoms with Crippen LogP contribution in [0.5, 0.6) is 5.75 Å². The van der Waals surface area contributed by atoms with Crippen molar-refractivity contribution in [3.8, 4) is 5.75 Å². The largest absolute Gasteiger partial charge is 0.497 e. The zero-order chi connectivity index (χ0) is 13.6. The first-order valence-electron chi connectivity index (χ1n) is 5.96. The van der Waals surface area contributed by atoms with Gasteiger partial charge in [0.1, 0.15) is 5.75 Å². The van der Waals surface area contributed by atoms with E-state index in [1.165, 1.54) is 0 Å². The maximum atomic E-state index is 6.05. The van der Waals surface area contributed by atoms with Crippen LogP contribution in [0.15, 0.2) is 18.2 Å². The first-order valence-corrected chi connectivity index (χ1v) is 7.04. The summed E-state index contributed by atoms with van der Waals surface area (Å²) in [7, 11) is 1.33. The minimum atomic E-state index is -0.336. The standard InChI is InChI=1S/C13H18BIO3/c1-12(2)13(3,4)18-14(17-12)10-8-9(16-5)6-7-11(10)15/h6-8H,1-5H3. The topological polar surface area (TPSA) is 27.7 Å². The normalized spacial score (nSPS) is 21.1. The molecular weight excluding hydrogens is 342 g/mol. The van der Waals surface area contributed by atoms with Crippen LogP contribution in [-0.4, -0.2) is 25.4 Å². The number of hydrogen-bond acceptors (Lipinski definition) is 3. The summed E-state index contributed by atoms with van der Waals surface area (Å²) < 4.78 is 18.5. The fourth-order valence-corrected chi connectivity index (χ4v) is 2.39. The molecule has 0 N–H and O–H groups in total. The van der Waals surface area contributed by atoms with Gasteiger partial charge in [0.2, 0.25) is 0 Å². The number of benzene rings is 1. The third-order valence-electron chi connectivity index (χ3n) is 3.71. The van der Waals surface area contributed by atoms with Crippen molar-refractivity contribution < 1.29 is 14.0 Å². The number of halogens is 1. The van der Waals surface area contributed by atoms with Gasteiger partial charge in [0.05, 0.1) is 18.3 Å². The summed E-state index contributed by atoms with van der Waals surface area (Å²) >= 11 is 2.29. The highest BCUT2D eigenvalue weighted by Crippen LogP contribution is 2.37. The van der Waals surface area contributed by atoms with Gasteiger partial charge in [0.15, 0.2) is 0 Å². The van der Waals surface area contributed by atoms with Crippen LogP contribution in [0.2, 0.25) is 0 Å². The molecule has 1 heterocycles. The van der Waals surface area contributed by atoms with E-state index >= 15 is 0 Å². The van der Waals surface area contributed by atoms with Gasteiger partial charge < -0.3 is 14.0 Å². The molecule has 2 rings (SSSR count). The molecule has 0 bridgehead atoms. The zero-order valence-corrected chi connectivity index (χ0v) is 13.6. The predicted molar refractivity (Wildman–Crippen MR) is 81.4 cm³/mol. The van der Waals surface area contributed by atoms with Crippen molar-refractivity contribution in [3.63, 3.8) is 0 Å². The van der Waals surface area contributed by atoms with Crippen molar-refractivity contribution in [1.29, 1.82) is 0 Å². The molecule has 0 aromatic heterocycles. The van der Waals surface area contributed by atoms with Crippen molar-refractivity contribution in [3.05, 3.63) is 21.8 Å². The Hall–Kier alpha value is -0.265. The van der Waals surface area contributed by atoms with Crippen LogP contribution < -0.4 is 10.2 Å². The van der Waals surface area contributed by atoms with E-state index in [4.69, 9.17) is 14.0 Å². The van der Waals surface area contributed by atoms with Crippen LogP contribution in [-0.2, 0) is 9.31 Å². The van der Waals surface area contributed by atoms with Crippen LogP contribution in [0.1, 0.15) is 27.7 Å². The molecule has 0 aliphatic carbocycles. The molecule has 1 aromatic carbocycles. The fourth-order valence-electron chi connectivity index (χ4n) is 1.80. The second-order valence-corrected chi connectivity index (χ2v) is 6.64. The molecule has 3 nitrogen and oxygen atoms in total. The zero-order valence-electron chi connectivity index (χ0n) is 11.4. The Bertz CT molecular complexity index is 444. The van der Waals surface area contributed by atoms with E-state index < -0.39 is 0 Å². The lowest BCUT2D eigenvalue weighted by molar-refractivity contribution is 0.00578. The molecule has 0 saturated carbocycles. The average Bonchev–Trinajstić information content (AvgIpc) is 2.48. The highest BCUT2D eigenvalue weighted by molar-refractivity contribution is 14.1. The molecule has 0 unspecified atom stereocenters. The molecule has 0 amide bonds. The first-order chi connectivity index (χ1) is 8.27. The fraction of sp³-hybridized carbons (Fsp3) is 0.538. The molecule has 1 fully saturated rings. The van der Waals surface area contributed by atoms with Gasteiger partial charge in [0.25, 0.3) is 0 Å². The van der Waals surface area contributed by atoms with E-state index in [-0.39, 0.29) is 18.3 Å². The van der Waals surface area contributed by atoms with E-state index in [0.29, 0.717) is 0 Å². The van der Waals surface area contributed by atoms with Gasteiger partial charge in [-0.2, -0.15) is 0 Å². The maximum absolute atomic E-state index is 6.05. The van der Waals surface area contributed by atoms with E-state index in [1.807, 2.05) is 18.2 Å². The van der Waals surface area contributed by atoms with Crippen LogP contribution in [0, 0.1) is 3.57 Å². The summed E-state index contributed by atoms with van der Waals surface area (Å²) in [4.78, 5) is 0. The minimum absolute atomic E-state index is 0.316. The first kappa shape index (κ1) is 14.2. The van der Waals surface area contributed by atoms with Gasteiger partial charge in [-0.3, -0.25) is 0 Å². The molecule has 0 atom stereocenters. The predicted octanol–water partition coefficient (Wildman–Crippen LogP) is 2.60. The number of methoxy groups -OCH3 is 1. The molecule has 0 spiro atoms. The third kappa shape index (κ3) is 2.40. The van der Waals surface area contributed by atoms with Gasteiger partial charge in [0, 0.05) is 3.57 Å². The van der Waals surface area contributed by atoms with Crippen LogP contribution >= 0.6 is 22.6 Å². The number of rotatable bonds is 2. The average molecular weight is 360 g/mol. The van der Waals surface area contributed by atoms with E-state index in [1.54, 1.807) is 7.11 Å². The molecule has 1 aliphatic rings. The highest BCUT2D eigenvalue weighted by Gasteiger charge is 2.52. The summed E-state index contributed by atoms with van der Waals surface area (Å²) in [5, 5.41) is 0. The number of hydrogen-bond donors (Lipinski definition) is 0. The number of ether oxygens (including phenoxy) is 1. The van der Waals surface area contributed by atoms with Gasteiger partial charge in [-0.05, 0) is 73.9 Å². The summed E-state index contributed by atoms with van der Waals surface area (Å²) in [5.74, 6) is 0.820. The van der Waals surface area contributed by atoms with E-state index in [0.717, 1.165) is 14.8 Å². The lowest BCUT2D eigenvalue weighted by Crippen LogP contribution is -2.41. The van der Waals surface area contributed by atoms with Crippen LogP contribution in [0.4, 0.5) is 0 Å². The molecular formula is C13H18BIO3. The third-order valence-corrected chi connectivity index (χ3v) is 4.69. The molecule has 5 heteroatoms. The molecule has 0 radical (unpaired) electrons. The van der Waals surface area contributed by atoms with E-state index in [2.05, 4.69) is 50.3 Å². The second-order valence-electron chi connectivity index (χ2n) is 5.48. The molecule has 1 aliphatic heterocycles. The van der Waals surface area contributed by atoms with Crippen molar-refractivity contribution in [1.82, 2.24) is 0 Å². The lowest BCUT2D eigenvalue weighted by atomic mass is 9.79. The van der Waals surface area contributed by atoms with Gasteiger partial charge >= 0.3 is 7.12 Å². The summed E-state index contributed by atoms with van der Waals surface area (Å²) in [5.41, 5.74) is 0.391. The second kappa shape index (κ2) is 4.69. The monoisotopic (exact) mass is 360 g/mol. The highest BCUT2D eigenvalue weighted by atomic mass is 127. The Morgan fingerprint density at radius 3 is 2.17 bits per heavy atom. The molecule has 98 valence electrons. The molecule has 1 aromatic rings.